The van der Waals surface area contributed by atoms with Crippen LogP contribution in [0.1, 0.15) is 16.1 Å². The predicted octanol–water partition coefficient (Wildman–Crippen LogP) is 3.50. The molecular weight excluding hydrogens is 264 g/mol. The second-order valence-corrected chi connectivity index (χ2v) is 4.84. The molecule has 0 saturated carbocycles. The zero-order chi connectivity index (χ0) is 14.8. The van der Waals surface area contributed by atoms with Crippen LogP contribution >= 0.6 is 0 Å². The molecule has 4 heteroatoms. The maximum atomic E-state index is 12.2. The van der Waals surface area contributed by atoms with Crippen molar-refractivity contribution in [1.29, 1.82) is 0 Å². The third kappa shape index (κ3) is 2.69. The van der Waals surface area contributed by atoms with E-state index in [0.717, 1.165) is 10.9 Å². The second kappa shape index (κ2) is 5.25. The fraction of sp³-hybridized carbons (Fsp3) is 0.0588. The van der Waals surface area contributed by atoms with Gasteiger partial charge < -0.3 is 10.4 Å². The molecule has 0 saturated heterocycles. The molecule has 1 amide bonds. The smallest absolute Gasteiger partial charge is 0.274 e. The van der Waals surface area contributed by atoms with Gasteiger partial charge in [-0.15, -0.1) is 0 Å². The summed E-state index contributed by atoms with van der Waals surface area (Å²) >= 11 is 0. The predicted molar refractivity (Wildman–Crippen MR) is 82.5 cm³/mol. The molecule has 0 bridgehead atoms. The first kappa shape index (κ1) is 13.1. The minimum Gasteiger partial charge on any atom is -0.508 e. The van der Waals surface area contributed by atoms with Gasteiger partial charge in [0.25, 0.3) is 5.91 Å². The van der Waals surface area contributed by atoms with Crippen LogP contribution in [0.3, 0.4) is 0 Å². The van der Waals surface area contributed by atoms with Crippen LogP contribution in [-0.2, 0) is 0 Å². The van der Waals surface area contributed by atoms with Crippen LogP contribution in [0, 0.1) is 6.92 Å². The van der Waals surface area contributed by atoms with E-state index in [0.29, 0.717) is 16.9 Å². The van der Waals surface area contributed by atoms with E-state index in [1.807, 2.05) is 30.3 Å². The fourth-order valence-corrected chi connectivity index (χ4v) is 2.12. The Labute approximate surface area is 122 Å². The molecule has 3 rings (SSSR count). The van der Waals surface area contributed by atoms with Crippen molar-refractivity contribution in [3.8, 4) is 5.75 Å². The number of phenolic OH excluding ortho intramolecular Hbond substituents is 1. The number of aromatic nitrogens is 1. The highest BCUT2D eigenvalue weighted by Crippen LogP contribution is 2.20. The quantitative estimate of drug-likeness (QED) is 0.705. The van der Waals surface area contributed by atoms with Crippen LogP contribution in [0.25, 0.3) is 10.9 Å². The second-order valence-electron chi connectivity index (χ2n) is 4.84. The number of carbonyl (C=O) groups excluding carboxylic acids is 1. The first-order chi connectivity index (χ1) is 10.1. The standard InChI is InChI=1S/C17H14N2O2/c1-11-10-13(7-9-16(11)20)18-17(21)15-8-6-12-4-2-3-5-14(12)19-15/h2-10,20H,1H3,(H,18,21). The summed E-state index contributed by atoms with van der Waals surface area (Å²) in [5, 5.41) is 13.3. The molecule has 0 aliphatic rings. The molecule has 1 heterocycles. The number of pyridine rings is 1. The molecule has 21 heavy (non-hydrogen) atoms. The molecule has 3 aromatic rings. The first-order valence-electron chi connectivity index (χ1n) is 6.60. The van der Waals surface area contributed by atoms with Crippen LogP contribution in [0.15, 0.2) is 54.6 Å². The number of aromatic hydroxyl groups is 1. The molecule has 4 nitrogen and oxygen atoms in total. The number of benzene rings is 2. The Bertz CT molecular complexity index is 828. The number of aryl methyl sites for hydroxylation is 1. The molecule has 0 radical (unpaired) electrons. The van der Waals surface area contributed by atoms with Crippen LogP contribution in [0.2, 0.25) is 0 Å². The Kier molecular flexibility index (Phi) is 3.28. The molecular formula is C17H14N2O2. The number of nitrogens with one attached hydrogen (secondary N) is 1. The zero-order valence-corrected chi connectivity index (χ0v) is 11.5. The van der Waals surface area contributed by atoms with Gasteiger partial charge in [-0.1, -0.05) is 24.3 Å². The number of carbonyl (C=O) groups is 1. The lowest BCUT2D eigenvalue weighted by atomic mass is 10.2. The minimum absolute atomic E-state index is 0.205. The Balaban J connectivity index is 1.87. The SMILES string of the molecule is Cc1cc(NC(=O)c2ccc3ccccc3n2)ccc1O. The van der Waals surface area contributed by atoms with Crippen molar-refractivity contribution in [2.45, 2.75) is 6.92 Å². The van der Waals surface area contributed by atoms with Gasteiger partial charge in [0.05, 0.1) is 5.52 Å². The lowest BCUT2D eigenvalue weighted by Gasteiger charge is -2.07. The Morgan fingerprint density at radius 1 is 1.10 bits per heavy atom. The number of fused-ring (bicyclic) bond motifs is 1. The number of phenols is 1. The van der Waals surface area contributed by atoms with Gasteiger partial charge in [-0.3, -0.25) is 4.79 Å². The lowest BCUT2D eigenvalue weighted by molar-refractivity contribution is 0.102. The monoisotopic (exact) mass is 278 g/mol. The summed E-state index contributed by atoms with van der Waals surface area (Å²) in [5.74, 6) is -0.0670. The Morgan fingerprint density at radius 2 is 1.90 bits per heavy atom. The molecule has 2 aromatic carbocycles. The summed E-state index contributed by atoms with van der Waals surface area (Å²) in [4.78, 5) is 16.6. The van der Waals surface area contributed by atoms with Crippen molar-refractivity contribution < 1.29 is 9.90 Å². The molecule has 0 spiro atoms. The number of para-hydroxylation sites is 1. The molecule has 0 unspecified atom stereocenters. The van der Waals surface area contributed by atoms with Crippen LogP contribution in [0.4, 0.5) is 5.69 Å². The van der Waals surface area contributed by atoms with Crippen molar-refractivity contribution in [2.75, 3.05) is 5.32 Å². The number of amides is 1. The van der Waals surface area contributed by atoms with E-state index < -0.39 is 0 Å². The number of nitrogens with zero attached hydrogens (tertiary/aromatic N) is 1. The van der Waals surface area contributed by atoms with Crippen molar-refractivity contribution in [3.63, 3.8) is 0 Å². The molecule has 1 aromatic heterocycles. The Morgan fingerprint density at radius 3 is 2.71 bits per heavy atom. The summed E-state index contributed by atoms with van der Waals surface area (Å²) < 4.78 is 0. The zero-order valence-electron chi connectivity index (χ0n) is 11.5. The fourth-order valence-electron chi connectivity index (χ4n) is 2.12. The van der Waals surface area contributed by atoms with Crippen molar-refractivity contribution in [2.24, 2.45) is 0 Å². The van der Waals surface area contributed by atoms with Crippen molar-refractivity contribution in [3.05, 3.63) is 65.9 Å². The van der Waals surface area contributed by atoms with E-state index >= 15 is 0 Å². The van der Waals surface area contributed by atoms with E-state index in [4.69, 9.17) is 0 Å². The first-order valence-corrected chi connectivity index (χ1v) is 6.60. The van der Waals surface area contributed by atoms with E-state index in [2.05, 4.69) is 10.3 Å². The van der Waals surface area contributed by atoms with Crippen LogP contribution in [0.5, 0.6) is 5.75 Å². The molecule has 0 atom stereocenters. The molecule has 104 valence electrons. The van der Waals surface area contributed by atoms with Crippen LogP contribution in [-0.4, -0.2) is 16.0 Å². The number of hydrogen-bond donors (Lipinski definition) is 2. The molecule has 0 aliphatic heterocycles. The summed E-state index contributed by atoms with van der Waals surface area (Å²) in [6.07, 6.45) is 0. The third-order valence-electron chi connectivity index (χ3n) is 3.29. The van der Waals surface area contributed by atoms with Gasteiger partial charge in [0.15, 0.2) is 0 Å². The maximum Gasteiger partial charge on any atom is 0.274 e. The average Bonchev–Trinajstić information content (AvgIpc) is 2.50. The molecule has 0 fully saturated rings. The molecule has 2 N–H and O–H groups in total. The van der Waals surface area contributed by atoms with Gasteiger partial charge in [-0.2, -0.15) is 0 Å². The van der Waals surface area contributed by atoms with Gasteiger partial charge in [0.1, 0.15) is 11.4 Å². The van der Waals surface area contributed by atoms with E-state index in [-0.39, 0.29) is 11.7 Å². The summed E-state index contributed by atoms with van der Waals surface area (Å²) in [5.41, 5.74) is 2.48. The lowest BCUT2D eigenvalue weighted by Crippen LogP contribution is -2.13. The largest absolute Gasteiger partial charge is 0.508 e. The van der Waals surface area contributed by atoms with Gasteiger partial charge in [-0.05, 0) is 42.8 Å². The van der Waals surface area contributed by atoms with Gasteiger partial charge in [0, 0.05) is 11.1 Å². The van der Waals surface area contributed by atoms with E-state index in [1.54, 1.807) is 31.2 Å². The summed E-state index contributed by atoms with van der Waals surface area (Å²) in [6.45, 7) is 1.78. The maximum absolute atomic E-state index is 12.2. The average molecular weight is 278 g/mol. The highest BCUT2D eigenvalue weighted by molar-refractivity contribution is 6.04. The minimum atomic E-state index is -0.272. The van der Waals surface area contributed by atoms with Gasteiger partial charge >= 0.3 is 0 Å². The Hall–Kier alpha value is -2.88. The van der Waals surface area contributed by atoms with Crippen molar-refractivity contribution >= 4 is 22.5 Å². The third-order valence-corrected chi connectivity index (χ3v) is 3.29. The topological polar surface area (TPSA) is 62.2 Å². The van der Waals surface area contributed by atoms with Gasteiger partial charge in [-0.25, -0.2) is 4.98 Å². The van der Waals surface area contributed by atoms with E-state index in [9.17, 15) is 9.90 Å². The summed E-state index contributed by atoms with van der Waals surface area (Å²) in [6, 6.07) is 16.1. The normalized spacial score (nSPS) is 10.5. The van der Waals surface area contributed by atoms with Gasteiger partial charge in [0.2, 0.25) is 0 Å². The number of anilines is 1. The summed E-state index contributed by atoms with van der Waals surface area (Å²) in [7, 11) is 0. The number of hydrogen-bond acceptors (Lipinski definition) is 3. The molecule has 0 aliphatic carbocycles. The van der Waals surface area contributed by atoms with Crippen molar-refractivity contribution in [1.82, 2.24) is 4.98 Å². The highest BCUT2D eigenvalue weighted by atomic mass is 16.3. The number of rotatable bonds is 2. The van der Waals surface area contributed by atoms with E-state index in [1.165, 1.54) is 0 Å². The van der Waals surface area contributed by atoms with Crippen LogP contribution < -0.4 is 5.32 Å². The highest BCUT2D eigenvalue weighted by Gasteiger charge is 2.09.